The first-order valence-corrected chi connectivity index (χ1v) is 5.78. The molecule has 1 atom stereocenters. The Bertz CT molecular complexity index is 362. The number of hydrogen-bond donors (Lipinski definition) is 2. The fourth-order valence-electron chi connectivity index (χ4n) is 1.16. The second-order valence-corrected chi connectivity index (χ2v) is 4.41. The molecular weight excluding hydrogens is 247 g/mol. The molecule has 3 nitrogen and oxygen atoms in total. The van der Waals surface area contributed by atoms with Crippen molar-refractivity contribution in [1.82, 2.24) is 5.32 Å². The molecule has 0 aliphatic heterocycles. The zero-order valence-corrected chi connectivity index (χ0v) is 10.5. The van der Waals surface area contributed by atoms with E-state index in [1.165, 1.54) is 0 Å². The zero-order chi connectivity index (χ0) is 12.1. The van der Waals surface area contributed by atoms with Crippen molar-refractivity contribution in [3.05, 3.63) is 33.8 Å². The van der Waals surface area contributed by atoms with Gasteiger partial charge in [-0.15, -0.1) is 0 Å². The maximum atomic E-state index is 11.7. The number of carbonyl (C=O) groups is 1. The molecule has 1 amide bonds. The van der Waals surface area contributed by atoms with Crippen molar-refractivity contribution in [1.29, 1.82) is 0 Å². The Morgan fingerprint density at radius 3 is 2.44 bits per heavy atom. The van der Waals surface area contributed by atoms with E-state index in [4.69, 9.17) is 28.9 Å². The van der Waals surface area contributed by atoms with Gasteiger partial charge in [-0.3, -0.25) is 4.79 Å². The Morgan fingerprint density at radius 2 is 1.94 bits per heavy atom. The van der Waals surface area contributed by atoms with Gasteiger partial charge in [0.25, 0.3) is 5.91 Å². The van der Waals surface area contributed by atoms with Crippen LogP contribution in [0.5, 0.6) is 0 Å². The Kier molecular flexibility index (Phi) is 5.06. The fraction of sp³-hybridized carbons (Fsp3) is 0.364. The molecule has 0 aliphatic carbocycles. The lowest BCUT2D eigenvalue weighted by atomic mass is 10.2. The number of benzene rings is 1. The van der Waals surface area contributed by atoms with Crippen LogP contribution in [0.4, 0.5) is 0 Å². The van der Waals surface area contributed by atoms with Crippen LogP contribution in [-0.4, -0.2) is 18.5 Å². The van der Waals surface area contributed by atoms with Gasteiger partial charge >= 0.3 is 0 Å². The minimum atomic E-state index is -0.215. The Hall–Kier alpha value is -0.770. The first-order chi connectivity index (χ1) is 7.52. The van der Waals surface area contributed by atoms with Crippen molar-refractivity contribution in [2.45, 2.75) is 19.4 Å². The van der Waals surface area contributed by atoms with Crippen LogP contribution < -0.4 is 11.1 Å². The molecule has 0 spiro atoms. The lowest BCUT2D eigenvalue weighted by Gasteiger charge is -2.10. The summed E-state index contributed by atoms with van der Waals surface area (Å²) in [5.41, 5.74) is 6.14. The number of halogens is 2. The first-order valence-electron chi connectivity index (χ1n) is 5.02. The molecule has 5 heteroatoms. The molecule has 1 rings (SSSR count). The molecule has 0 saturated carbocycles. The van der Waals surface area contributed by atoms with Crippen LogP contribution in [0.15, 0.2) is 18.2 Å². The standard InChI is InChI=1S/C11H14Cl2N2O/c1-2-10(14)6-15-11(16)7-3-8(12)5-9(13)4-7/h3-5,10H,2,6,14H2,1H3,(H,15,16). The summed E-state index contributed by atoms with van der Waals surface area (Å²) in [5, 5.41) is 3.61. The zero-order valence-electron chi connectivity index (χ0n) is 8.97. The number of nitrogens with two attached hydrogens (primary N) is 1. The molecule has 0 fully saturated rings. The molecule has 1 aromatic carbocycles. The van der Waals surface area contributed by atoms with E-state index in [9.17, 15) is 4.79 Å². The van der Waals surface area contributed by atoms with Crippen molar-refractivity contribution in [2.24, 2.45) is 5.73 Å². The maximum Gasteiger partial charge on any atom is 0.251 e. The summed E-state index contributed by atoms with van der Waals surface area (Å²) in [5.74, 6) is -0.215. The molecule has 88 valence electrons. The predicted octanol–water partition coefficient (Wildman–Crippen LogP) is 2.46. The smallest absolute Gasteiger partial charge is 0.251 e. The van der Waals surface area contributed by atoms with Gasteiger partial charge < -0.3 is 11.1 Å². The number of carbonyl (C=O) groups excluding carboxylic acids is 1. The van der Waals surface area contributed by atoms with Gasteiger partial charge in [0.05, 0.1) is 0 Å². The molecule has 0 heterocycles. The third kappa shape index (κ3) is 4.00. The maximum absolute atomic E-state index is 11.7. The third-order valence-electron chi connectivity index (χ3n) is 2.17. The average molecular weight is 261 g/mol. The molecule has 3 N–H and O–H groups in total. The van der Waals surface area contributed by atoms with Gasteiger partial charge in [-0.2, -0.15) is 0 Å². The molecule has 0 aromatic heterocycles. The van der Waals surface area contributed by atoms with Crippen LogP contribution in [0.2, 0.25) is 10.0 Å². The summed E-state index contributed by atoms with van der Waals surface area (Å²) in [6, 6.07) is 4.69. The minimum Gasteiger partial charge on any atom is -0.350 e. The Morgan fingerprint density at radius 1 is 1.38 bits per heavy atom. The van der Waals surface area contributed by atoms with Crippen molar-refractivity contribution in [3.63, 3.8) is 0 Å². The third-order valence-corrected chi connectivity index (χ3v) is 2.61. The molecule has 0 radical (unpaired) electrons. The van der Waals surface area contributed by atoms with E-state index in [1.54, 1.807) is 18.2 Å². The normalized spacial score (nSPS) is 12.2. The second kappa shape index (κ2) is 6.09. The van der Waals surface area contributed by atoms with E-state index in [-0.39, 0.29) is 11.9 Å². The summed E-state index contributed by atoms with van der Waals surface area (Å²) in [6.45, 7) is 2.41. The van der Waals surface area contributed by atoms with Gasteiger partial charge in [0.1, 0.15) is 0 Å². The Labute approximate surface area is 105 Å². The van der Waals surface area contributed by atoms with Gasteiger partial charge in [-0.05, 0) is 24.6 Å². The molecule has 0 aliphatic rings. The van der Waals surface area contributed by atoms with Crippen molar-refractivity contribution in [3.8, 4) is 0 Å². The summed E-state index contributed by atoms with van der Waals surface area (Å²) in [6.07, 6.45) is 0.816. The minimum absolute atomic E-state index is 0.0291. The summed E-state index contributed by atoms with van der Waals surface area (Å²) in [4.78, 5) is 11.7. The van der Waals surface area contributed by atoms with E-state index in [2.05, 4.69) is 5.32 Å². The van der Waals surface area contributed by atoms with Gasteiger partial charge in [0.15, 0.2) is 0 Å². The van der Waals surface area contributed by atoms with E-state index < -0.39 is 0 Å². The predicted molar refractivity (Wildman–Crippen MR) is 67.1 cm³/mol. The quantitative estimate of drug-likeness (QED) is 0.874. The van der Waals surface area contributed by atoms with E-state index >= 15 is 0 Å². The highest BCUT2D eigenvalue weighted by Gasteiger charge is 2.08. The Balaban J connectivity index is 2.66. The van der Waals surface area contributed by atoms with Crippen molar-refractivity contribution in [2.75, 3.05) is 6.54 Å². The topological polar surface area (TPSA) is 55.1 Å². The largest absolute Gasteiger partial charge is 0.350 e. The molecule has 0 saturated heterocycles. The van der Waals surface area contributed by atoms with E-state index in [0.717, 1.165) is 6.42 Å². The van der Waals surface area contributed by atoms with Crippen LogP contribution in [-0.2, 0) is 0 Å². The summed E-state index contributed by atoms with van der Waals surface area (Å²) >= 11 is 11.6. The first kappa shape index (κ1) is 13.3. The molecular formula is C11H14Cl2N2O. The number of rotatable bonds is 4. The van der Waals surface area contributed by atoms with Gasteiger partial charge in [0.2, 0.25) is 0 Å². The highest BCUT2D eigenvalue weighted by Crippen LogP contribution is 2.18. The van der Waals surface area contributed by atoms with Crippen LogP contribution in [0.3, 0.4) is 0 Å². The number of hydrogen-bond acceptors (Lipinski definition) is 2. The lowest BCUT2D eigenvalue weighted by Crippen LogP contribution is -2.36. The van der Waals surface area contributed by atoms with Crippen molar-refractivity contribution < 1.29 is 4.79 Å². The number of nitrogens with one attached hydrogen (secondary N) is 1. The van der Waals surface area contributed by atoms with Crippen LogP contribution in [0, 0.1) is 0 Å². The van der Waals surface area contributed by atoms with Crippen molar-refractivity contribution >= 4 is 29.1 Å². The highest BCUT2D eigenvalue weighted by atomic mass is 35.5. The SMILES string of the molecule is CCC(N)CNC(=O)c1cc(Cl)cc(Cl)c1. The average Bonchev–Trinajstić information content (AvgIpc) is 2.23. The van der Waals surface area contributed by atoms with Crippen LogP contribution in [0.1, 0.15) is 23.7 Å². The van der Waals surface area contributed by atoms with E-state index in [0.29, 0.717) is 22.2 Å². The van der Waals surface area contributed by atoms with Gasteiger partial charge in [0, 0.05) is 28.2 Å². The molecule has 16 heavy (non-hydrogen) atoms. The number of amides is 1. The van der Waals surface area contributed by atoms with Gasteiger partial charge in [-0.1, -0.05) is 30.1 Å². The van der Waals surface area contributed by atoms with E-state index in [1.807, 2.05) is 6.92 Å². The second-order valence-electron chi connectivity index (χ2n) is 3.54. The van der Waals surface area contributed by atoms with Gasteiger partial charge in [-0.25, -0.2) is 0 Å². The molecule has 0 bridgehead atoms. The highest BCUT2D eigenvalue weighted by molar-refractivity contribution is 6.35. The monoisotopic (exact) mass is 260 g/mol. The lowest BCUT2D eigenvalue weighted by molar-refractivity contribution is 0.0951. The van der Waals surface area contributed by atoms with Crippen LogP contribution in [0.25, 0.3) is 0 Å². The molecule has 1 aromatic rings. The van der Waals surface area contributed by atoms with Crippen LogP contribution >= 0.6 is 23.2 Å². The molecule has 1 unspecified atom stereocenters. The summed E-state index contributed by atoms with van der Waals surface area (Å²) in [7, 11) is 0. The fourth-order valence-corrected chi connectivity index (χ4v) is 1.68. The summed E-state index contributed by atoms with van der Waals surface area (Å²) < 4.78 is 0.